The van der Waals surface area contributed by atoms with E-state index in [0.29, 0.717) is 5.89 Å². The van der Waals surface area contributed by atoms with Crippen LogP contribution in [-0.4, -0.2) is 16.9 Å². The Balaban J connectivity index is 2.47. The molecule has 1 aromatic heterocycles. The van der Waals surface area contributed by atoms with Gasteiger partial charge in [-0.15, -0.1) is 0 Å². The maximum Gasteiger partial charge on any atom is 0.237 e. The molecule has 3 N–H and O–H groups in total. The Morgan fingerprint density at radius 3 is 2.69 bits per heavy atom. The molecule has 0 aliphatic carbocycles. The van der Waals surface area contributed by atoms with Crippen LogP contribution in [0.4, 0.5) is 0 Å². The third-order valence-electron chi connectivity index (χ3n) is 2.30. The summed E-state index contributed by atoms with van der Waals surface area (Å²) in [5.74, 6) is 1.03. The van der Waals surface area contributed by atoms with E-state index in [-0.39, 0.29) is 17.9 Å². The average molecular weight is 225 g/mol. The molecule has 16 heavy (non-hydrogen) atoms. The lowest BCUT2D eigenvalue weighted by Crippen LogP contribution is -2.48. The number of hydrogen-bond donors (Lipinski definition) is 2. The molecule has 5 nitrogen and oxygen atoms in total. The van der Waals surface area contributed by atoms with Gasteiger partial charge in [-0.3, -0.25) is 4.79 Å². The number of rotatable bonds is 3. The predicted octanol–water partition coefficient (Wildman–Crippen LogP) is 0.973. The van der Waals surface area contributed by atoms with Crippen molar-refractivity contribution >= 4 is 5.91 Å². The minimum absolute atomic E-state index is 0.191. The molecule has 1 atom stereocenters. The fourth-order valence-corrected chi connectivity index (χ4v) is 1.15. The number of nitrogens with one attached hydrogen (secondary N) is 1. The summed E-state index contributed by atoms with van der Waals surface area (Å²) in [6, 6.07) is -0.538. The largest absolute Gasteiger partial charge is 0.444 e. The van der Waals surface area contributed by atoms with Crippen molar-refractivity contribution in [3.05, 3.63) is 17.8 Å². The molecule has 1 heterocycles. The molecule has 0 unspecified atom stereocenters. The highest BCUT2D eigenvalue weighted by molar-refractivity contribution is 5.82. The van der Waals surface area contributed by atoms with Gasteiger partial charge in [0.2, 0.25) is 11.8 Å². The quantitative estimate of drug-likeness (QED) is 0.803. The lowest BCUT2D eigenvalue weighted by atomic mass is 9.87. The van der Waals surface area contributed by atoms with Crippen LogP contribution < -0.4 is 11.1 Å². The minimum atomic E-state index is -0.538. The monoisotopic (exact) mass is 225 g/mol. The van der Waals surface area contributed by atoms with Crippen LogP contribution in [0.3, 0.4) is 0 Å². The number of aryl methyl sites for hydroxylation is 1. The Hall–Kier alpha value is -1.36. The van der Waals surface area contributed by atoms with Crippen molar-refractivity contribution in [1.29, 1.82) is 0 Å². The third-order valence-corrected chi connectivity index (χ3v) is 2.30. The first-order valence-corrected chi connectivity index (χ1v) is 5.25. The average Bonchev–Trinajstić information content (AvgIpc) is 2.58. The number of hydrogen-bond acceptors (Lipinski definition) is 4. The summed E-state index contributed by atoms with van der Waals surface area (Å²) in [5, 5.41) is 2.70. The number of amides is 1. The lowest BCUT2D eigenvalue weighted by molar-refractivity contribution is -0.124. The molecule has 1 amide bonds. The zero-order valence-corrected chi connectivity index (χ0v) is 10.2. The highest BCUT2D eigenvalue weighted by Crippen LogP contribution is 2.17. The first-order valence-electron chi connectivity index (χ1n) is 5.25. The second-order valence-electron chi connectivity index (χ2n) is 4.93. The molecule has 0 aliphatic rings. The molecule has 5 heteroatoms. The zero-order chi connectivity index (χ0) is 12.3. The van der Waals surface area contributed by atoms with E-state index in [2.05, 4.69) is 10.3 Å². The third kappa shape index (κ3) is 3.34. The maximum atomic E-state index is 11.7. The Morgan fingerprint density at radius 1 is 1.62 bits per heavy atom. The minimum Gasteiger partial charge on any atom is -0.444 e. The molecule has 0 aliphatic heterocycles. The number of nitrogens with zero attached hydrogens (tertiary/aromatic N) is 1. The molecular formula is C11H19N3O2. The van der Waals surface area contributed by atoms with Crippen molar-refractivity contribution in [1.82, 2.24) is 10.3 Å². The van der Waals surface area contributed by atoms with Crippen molar-refractivity contribution < 1.29 is 9.21 Å². The summed E-state index contributed by atoms with van der Waals surface area (Å²) in [4.78, 5) is 15.7. The Kier molecular flexibility index (Phi) is 3.70. The fraction of sp³-hybridized carbons (Fsp3) is 0.636. The van der Waals surface area contributed by atoms with Crippen molar-refractivity contribution in [3.8, 4) is 0 Å². The van der Waals surface area contributed by atoms with Gasteiger partial charge in [0, 0.05) is 0 Å². The first kappa shape index (κ1) is 12.7. The highest BCUT2D eigenvalue weighted by Gasteiger charge is 2.27. The fourth-order valence-electron chi connectivity index (χ4n) is 1.15. The first-order chi connectivity index (χ1) is 7.30. The van der Waals surface area contributed by atoms with E-state index in [1.165, 1.54) is 0 Å². The summed E-state index contributed by atoms with van der Waals surface area (Å²) < 4.78 is 5.23. The summed E-state index contributed by atoms with van der Waals surface area (Å²) in [6.45, 7) is 7.85. The smallest absolute Gasteiger partial charge is 0.237 e. The van der Waals surface area contributed by atoms with Gasteiger partial charge >= 0.3 is 0 Å². The molecule has 90 valence electrons. The summed E-state index contributed by atoms with van der Waals surface area (Å²) in [5.41, 5.74) is 5.55. The second-order valence-corrected chi connectivity index (χ2v) is 4.93. The Bertz CT molecular complexity index is 366. The Labute approximate surface area is 95.4 Å². The van der Waals surface area contributed by atoms with E-state index in [4.69, 9.17) is 10.2 Å². The molecule has 0 radical (unpaired) electrons. The van der Waals surface area contributed by atoms with E-state index in [1.807, 2.05) is 20.8 Å². The molecule has 0 saturated heterocycles. The number of nitrogens with two attached hydrogens (primary N) is 1. The Morgan fingerprint density at radius 2 is 2.25 bits per heavy atom. The normalized spacial score (nSPS) is 13.6. The number of carbonyl (C=O) groups excluding carboxylic acids is 1. The van der Waals surface area contributed by atoms with Gasteiger partial charge in [0.1, 0.15) is 5.76 Å². The summed E-state index contributed by atoms with van der Waals surface area (Å²) in [7, 11) is 0. The van der Waals surface area contributed by atoms with Crippen LogP contribution in [0.1, 0.15) is 32.4 Å². The van der Waals surface area contributed by atoms with E-state index in [9.17, 15) is 4.79 Å². The lowest BCUT2D eigenvalue weighted by Gasteiger charge is -2.25. The van der Waals surface area contributed by atoms with Gasteiger partial charge in [-0.2, -0.15) is 0 Å². The van der Waals surface area contributed by atoms with Gasteiger partial charge in [-0.05, 0) is 12.3 Å². The molecule has 1 rings (SSSR count). The van der Waals surface area contributed by atoms with E-state index in [0.717, 1.165) is 5.76 Å². The van der Waals surface area contributed by atoms with E-state index >= 15 is 0 Å². The van der Waals surface area contributed by atoms with Crippen LogP contribution in [0.2, 0.25) is 0 Å². The molecule has 0 spiro atoms. The van der Waals surface area contributed by atoms with Crippen molar-refractivity contribution in [2.75, 3.05) is 0 Å². The van der Waals surface area contributed by atoms with Crippen LogP contribution >= 0.6 is 0 Å². The molecular weight excluding hydrogens is 206 g/mol. The van der Waals surface area contributed by atoms with Crippen LogP contribution in [0, 0.1) is 12.3 Å². The maximum absolute atomic E-state index is 11.7. The van der Waals surface area contributed by atoms with Gasteiger partial charge < -0.3 is 15.5 Å². The number of oxazole rings is 1. The van der Waals surface area contributed by atoms with Crippen molar-refractivity contribution in [2.24, 2.45) is 11.1 Å². The van der Waals surface area contributed by atoms with Crippen LogP contribution in [-0.2, 0) is 11.3 Å². The van der Waals surface area contributed by atoms with E-state index < -0.39 is 6.04 Å². The number of aromatic nitrogens is 1. The van der Waals surface area contributed by atoms with Gasteiger partial charge in [-0.25, -0.2) is 4.98 Å². The van der Waals surface area contributed by atoms with Crippen LogP contribution in [0.5, 0.6) is 0 Å². The van der Waals surface area contributed by atoms with E-state index in [1.54, 1.807) is 13.1 Å². The predicted molar refractivity (Wildman–Crippen MR) is 60.5 cm³/mol. The second kappa shape index (κ2) is 4.65. The molecule has 0 aromatic carbocycles. The number of carbonyl (C=O) groups is 1. The van der Waals surface area contributed by atoms with Gasteiger partial charge in [0.15, 0.2) is 0 Å². The summed E-state index contributed by atoms with van der Waals surface area (Å²) >= 11 is 0. The highest BCUT2D eigenvalue weighted by atomic mass is 16.4. The van der Waals surface area contributed by atoms with Crippen LogP contribution in [0.15, 0.2) is 10.6 Å². The van der Waals surface area contributed by atoms with Crippen molar-refractivity contribution in [2.45, 2.75) is 40.3 Å². The van der Waals surface area contributed by atoms with Crippen molar-refractivity contribution in [3.63, 3.8) is 0 Å². The zero-order valence-electron chi connectivity index (χ0n) is 10.2. The standard InChI is InChI=1S/C11H19N3O2/c1-7-5-13-8(16-7)6-14-10(15)9(12)11(2,3)4/h5,9H,6,12H2,1-4H3,(H,14,15)/t9-/m0/s1. The molecule has 0 fully saturated rings. The van der Waals surface area contributed by atoms with Gasteiger partial charge in [-0.1, -0.05) is 20.8 Å². The summed E-state index contributed by atoms with van der Waals surface area (Å²) in [6.07, 6.45) is 1.62. The SMILES string of the molecule is Cc1cnc(CNC(=O)[C@H](N)C(C)(C)C)o1. The molecule has 0 saturated carbocycles. The van der Waals surface area contributed by atoms with Crippen LogP contribution in [0.25, 0.3) is 0 Å². The van der Waals surface area contributed by atoms with Gasteiger partial charge in [0.05, 0.1) is 18.8 Å². The van der Waals surface area contributed by atoms with Gasteiger partial charge in [0.25, 0.3) is 0 Å². The topological polar surface area (TPSA) is 81.2 Å². The molecule has 1 aromatic rings. The molecule has 0 bridgehead atoms.